The highest BCUT2D eigenvalue weighted by molar-refractivity contribution is 7.80. The molecule has 2 amide bonds. The fourth-order valence-corrected chi connectivity index (χ4v) is 2.28. The first kappa shape index (κ1) is 13.5. The molecular weight excluding hydrogens is 262 g/mol. The Morgan fingerprint density at radius 1 is 1.47 bits per heavy atom. The summed E-state index contributed by atoms with van der Waals surface area (Å²) in [6.07, 6.45) is 0.153. The van der Waals surface area contributed by atoms with Crippen LogP contribution < -0.4 is 11.1 Å². The molecule has 0 radical (unpaired) electrons. The molecule has 0 saturated carbocycles. The van der Waals surface area contributed by atoms with Gasteiger partial charge in [0.2, 0.25) is 5.91 Å². The molecule has 1 unspecified atom stereocenters. The van der Waals surface area contributed by atoms with Crippen LogP contribution in [0.4, 0.5) is 5.69 Å². The predicted octanol–water partition coefficient (Wildman–Crippen LogP) is 0.798. The number of aryl methyl sites for hydroxylation is 1. The summed E-state index contributed by atoms with van der Waals surface area (Å²) in [6, 6.07) is 4.99. The van der Waals surface area contributed by atoms with Gasteiger partial charge < -0.3 is 11.1 Å². The number of hydrogen-bond acceptors (Lipinski definition) is 4. The number of nitrogens with one attached hydrogen (secondary N) is 1. The molecule has 1 aliphatic rings. The van der Waals surface area contributed by atoms with Crippen molar-refractivity contribution in [3.8, 4) is 0 Å². The number of nitrogens with zero attached hydrogens (tertiary/aromatic N) is 1. The summed E-state index contributed by atoms with van der Waals surface area (Å²) in [4.78, 5) is 24.8. The number of hydrogen-bond donors (Lipinski definition) is 2. The van der Waals surface area contributed by atoms with Crippen LogP contribution in [-0.4, -0.2) is 34.8 Å². The Labute approximate surface area is 116 Å². The molecule has 2 rings (SSSR count). The second-order valence-corrected chi connectivity index (χ2v) is 4.99. The maximum absolute atomic E-state index is 11.9. The summed E-state index contributed by atoms with van der Waals surface area (Å²) in [5.74, 6) is -0.421. The molecule has 1 aromatic carbocycles. The molecule has 0 bridgehead atoms. The number of carbonyl (C=O) groups excluding carboxylic acids is 2. The topological polar surface area (TPSA) is 75.4 Å². The zero-order valence-corrected chi connectivity index (χ0v) is 11.6. The average molecular weight is 277 g/mol. The SMILES string of the molecule is Cc1cccc(C(N)=S)c1NC1CC(=O)N(C)C1=O. The molecule has 100 valence electrons. The lowest BCUT2D eigenvalue weighted by Crippen LogP contribution is -2.32. The maximum atomic E-state index is 11.9. The quantitative estimate of drug-likeness (QED) is 0.631. The first-order chi connectivity index (χ1) is 8.91. The highest BCUT2D eigenvalue weighted by atomic mass is 32.1. The Bertz CT molecular complexity index is 571. The van der Waals surface area contributed by atoms with Crippen molar-refractivity contribution in [1.29, 1.82) is 0 Å². The monoisotopic (exact) mass is 277 g/mol. The van der Waals surface area contributed by atoms with Crippen molar-refractivity contribution in [1.82, 2.24) is 4.90 Å². The van der Waals surface area contributed by atoms with E-state index in [1.165, 1.54) is 7.05 Å². The van der Waals surface area contributed by atoms with Crippen molar-refractivity contribution in [3.05, 3.63) is 29.3 Å². The van der Waals surface area contributed by atoms with Crippen LogP contribution in [0.2, 0.25) is 0 Å². The van der Waals surface area contributed by atoms with Gasteiger partial charge in [-0.1, -0.05) is 24.4 Å². The summed E-state index contributed by atoms with van der Waals surface area (Å²) >= 11 is 5.00. The molecule has 0 spiro atoms. The lowest BCUT2D eigenvalue weighted by atomic mass is 10.1. The highest BCUT2D eigenvalue weighted by Gasteiger charge is 2.36. The van der Waals surface area contributed by atoms with Gasteiger partial charge in [-0.3, -0.25) is 14.5 Å². The summed E-state index contributed by atoms with van der Waals surface area (Å²) in [5, 5.41) is 3.09. The Hall–Kier alpha value is -1.95. The van der Waals surface area contributed by atoms with Crippen LogP contribution in [0, 0.1) is 6.92 Å². The summed E-state index contributed by atoms with van der Waals surface area (Å²) in [5.41, 5.74) is 8.01. The van der Waals surface area contributed by atoms with Crippen LogP contribution in [0.3, 0.4) is 0 Å². The third-order valence-corrected chi connectivity index (χ3v) is 3.46. The lowest BCUT2D eigenvalue weighted by Gasteiger charge is -2.17. The number of rotatable bonds is 3. The first-order valence-corrected chi connectivity index (χ1v) is 6.29. The van der Waals surface area contributed by atoms with Crippen LogP contribution in [0.25, 0.3) is 0 Å². The number of anilines is 1. The molecule has 1 saturated heterocycles. The number of likely N-dealkylation sites (N-methyl/N-ethyl adjacent to an activating group) is 1. The molecule has 19 heavy (non-hydrogen) atoms. The van der Waals surface area contributed by atoms with Crippen LogP contribution >= 0.6 is 12.2 Å². The fraction of sp³-hybridized carbons (Fsp3) is 0.308. The molecule has 1 fully saturated rings. The van der Waals surface area contributed by atoms with E-state index in [2.05, 4.69) is 5.32 Å². The van der Waals surface area contributed by atoms with Crippen molar-refractivity contribution in [3.63, 3.8) is 0 Å². The van der Waals surface area contributed by atoms with Gasteiger partial charge in [-0.05, 0) is 18.6 Å². The molecule has 1 atom stereocenters. The molecule has 5 nitrogen and oxygen atoms in total. The van der Waals surface area contributed by atoms with Crippen molar-refractivity contribution in [2.45, 2.75) is 19.4 Å². The normalized spacial score (nSPS) is 18.8. The Balaban J connectivity index is 2.32. The van der Waals surface area contributed by atoms with E-state index in [9.17, 15) is 9.59 Å². The van der Waals surface area contributed by atoms with E-state index in [0.717, 1.165) is 16.2 Å². The zero-order valence-electron chi connectivity index (χ0n) is 10.8. The lowest BCUT2D eigenvalue weighted by molar-refractivity contribution is -0.136. The van der Waals surface area contributed by atoms with E-state index in [1.807, 2.05) is 19.1 Å². The number of benzene rings is 1. The zero-order chi connectivity index (χ0) is 14.2. The van der Waals surface area contributed by atoms with Crippen LogP contribution in [0.15, 0.2) is 18.2 Å². The minimum Gasteiger partial charge on any atom is -0.389 e. The van der Waals surface area contributed by atoms with Gasteiger partial charge >= 0.3 is 0 Å². The molecule has 1 aliphatic heterocycles. The molecule has 3 N–H and O–H groups in total. The van der Waals surface area contributed by atoms with E-state index in [-0.39, 0.29) is 23.2 Å². The van der Waals surface area contributed by atoms with Crippen molar-refractivity contribution >= 4 is 34.7 Å². The third-order valence-electron chi connectivity index (χ3n) is 3.24. The smallest absolute Gasteiger partial charge is 0.251 e. The van der Waals surface area contributed by atoms with Gasteiger partial charge in [-0.25, -0.2) is 0 Å². The van der Waals surface area contributed by atoms with Gasteiger partial charge in [0.05, 0.1) is 6.42 Å². The van der Waals surface area contributed by atoms with Gasteiger partial charge in [0.15, 0.2) is 0 Å². The molecule has 6 heteroatoms. The summed E-state index contributed by atoms with van der Waals surface area (Å²) in [7, 11) is 1.48. The Morgan fingerprint density at radius 3 is 2.68 bits per heavy atom. The average Bonchev–Trinajstić information content (AvgIpc) is 2.59. The van der Waals surface area contributed by atoms with Gasteiger partial charge in [0, 0.05) is 18.3 Å². The number of likely N-dealkylation sites (tertiary alicyclic amines) is 1. The van der Waals surface area contributed by atoms with Gasteiger partial charge in [0.25, 0.3) is 5.91 Å². The molecule has 0 aliphatic carbocycles. The second kappa shape index (κ2) is 4.97. The predicted molar refractivity (Wildman–Crippen MR) is 76.9 cm³/mol. The van der Waals surface area contributed by atoms with E-state index in [0.29, 0.717) is 5.56 Å². The number of para-hydroxylation sites is 1. The number of carbonyl (C=O) groups is 2. The van der Waals surface area contributed by atoms with Crippen molar-refractivity contribution in [2.75, 3.05) is 12.4 Å². The minimum atomic E-state index is -0.549. The van der Waals surface area contributed by atoms with Crippen LogP contribution in [0.5, 0.6) is 0 Å². The maximum Gasteiger partial charge on any atom is 0.251 e. The van der Waals surface area contributed by atoms with E-state index >= 15 is 0 Å². The van der Waals surface area contributed by atoms with Crippen molar-refractivity contribution < 1.29 is 9.59 Å². The van der Waals surface area contributed by atoms with Crippen LogP contribution in [0.1, 0.15) is 17.5 Å². The Kier molecular flexibility index (Phi) is 3.53. The van der Waals surface area contributed by atoms with Gasteiger partial charge in [-0.15, -0.1) is 0 Å². The fourth-order valence-electron chi connectivity index (χ4n) is 2.11. The van der Waals surface area contributed by atoms with Crippen LogP contribution in [-0.2, 0) is 9.59 Å². The molecule has 1 aromatic rings. The van der Waals surface area contributed by atoms with Crippen molar-refractivity contribution in [2.24, 2.45) is 5.73 Å². The molecular formula is C13H15N3O2S. The third kappa shape index (κ3) is 2.44. The summed E-state index contributed by atoms with van der Waals surface area (Å²) < 4.78 is 0. The van der Waals surface area contributed by atoms with Gasteiger partial charge in [-0.2, -0.15) is 0 Å². The number of nitrogens with two attached hydrogens (primary N) is 1. The number of thiocarbonyl (C=S) groups is 1. The van der Waals surface area contributed by atoms with E-state index in [1.54, 1.807) is 6.07 Å². The number of imide groups is 1. The standard InChI is InChI=1S/C13H15N3O2S/c1-7-4-3-5-8(12(14)19)11(7)15-9-6-10(17)16(2)13(9)18/h3-5,9,15H,6H2,1-2H3,(H2,14,19). The van der Waals surface area contributed by atoms with Gasteiger partial charge in [0.1, 0.15) is 11.0 Å². The largest absolute Gasteiger partial charge is 0.389 e. The highest BCUT2D eigenvalue weighted by Crippen LogP contribution is 2.24. The molecule has 0 aromatic heterocycles. The first-order valence-electron chi connectivity index (χ1n) is 5.88. The van der Waals surface area contributed by atoms with E-state index < -0.39 is 6.04 Å². The number of amides is 2. The minimum absolute atomic E-state index is 0.153. The summed E-state index contributed by atoms with van der Waals surface area (Å²) in [6.45, 7) is 1.90. The second-order valence-electron chi connectivity index (χ2n) is 4.55. The molecule has 1 heterocycles. The van der Waals surface area contributed by atoms with E-state index in [4.69, 9.17) is 18.0 Å². The Morgan fingerprint density at radius 2 is 2.16 bits per heavy atom.